The standard InChI is InChI=1S/C14H18N2O4/c1-3-20-14(19)11-4-6-12(7-5-11)16-13(18)8-9-15-10(2)17/h4-7H,3,8-9H2,1-2H3,(H,15,17)(H,16,18). The molecule has 0 radical (unpaired) electrons. The van der Waals surface area contributed by atoms with Crippen LogP contribution >= 0.6 is 0 Å². The Kier molecular flexibility index (Phi) is 6.22. The first-order valence-electron chi connectivity index (χ1n) is 6.34. The monoisotopic (exact) mass is 278 g/mol. The van der Waals surface area contributed by atoms with Crippen LogP contribution in [-0.2, 0) is 14.3 Å². The molecule has 0 spiro atoms. The van der Waals surface area contributed by atoms with Gasteiger partial charge in [0.2, 0.25) is 11.8 Å². The zero-order valence-corrected chi connectivity index (χ0v) is 11.6. The van der Waals surface area contributed by atoms with Gasteiger partial charge in [-0.1, -0.05) is 0 Å². The number of ether oxygens (including phenoxy) is 1. The SMILES string of the molecule is CCOC(=O)c1ccc(NC(=O)CCNC(C)=O)cc1. The van der Waals surface area contributed by atoms with Crippen molar-refractivity contribution in [1.82, 2.24) is 5.32 Å². The fourth-order valence-electron chi connectivity index (χ4n) is 1.48. The van der Waals surface area contributed by atoms with Crippen LogP contribution in [0.2, 0.25) is 0 Å². The largest absolute Gasteiger partial charge is 0.462 e. The van der Waals surface area contributed by atoms with Crippen molar-refractivity contribution < 1.29 is 19.1 Å². The van der Waals surface area contributed by atoms with Crippen molar-refractivity contribution in [3.05, 3.63) is 29.8 Å². The smallest absolute Gasteiger partial charge is 0.338 e. The summed E-state index contributed by atoms with van der Waals surface area (Å²) in [6.07, 6.45) is 0.194. The Labute approximate surface area is 117 Å². The normalized spacial score (nSPS) is 9.70. The molecular weight excluding hydrogens is 260 g/mol. The highest BCUT2D eigenvalue weighted by atomic mass is 16.5. The lowest BCUT2D eigenvalue weighted by Crippen LogP contribution is -2.25. The van der Waals surface area contributed by atoms with Crippen LogP contribution in [0.15, 0.2) is 24.3 Å². The van der Waals surface area contributed by atoms with Gasteiger partial charge >= 0.3 is 5.97 Å². The second-order valence-corrected chi connectivity index (χ2v) is 4.08. The fourth-order valence-corrected chi connectivity index (χ4v) is 1.48. The highest BCUT2D eigenvalue weighted by Gasteiger charge is 2.07. The van der Waals surface area contributed by atoms with E-state index in [0.29, 0.717) is 24.4 Å². The quantitative estimate of drug-likeness (QED) is 0.769. The third-order valence-electron chi connectivity index (χ3n) is 2.41. The minimum atomic E-state index is -0.393. The van der Waals surface area contributed by atoms with Gasteiger partial charge < -0.3 is 15.4 Å². The number of rotatable bonds is 6. The minimum Gasteiger partial charge on any atom is -0.462 e. The lowest BCUT2D eigenvalue weighted by Gasteiger charge is -2.06. The van der Waals surface area contributed by atoms with Crippen LogP contribution in [0.3, 0.4) is 0 Å². The van der Waals surface area contributed by atoms with E-state index in [0.717, 1.165) is 0 Å². The summed E-state index contributed by atoms with van der Waals surface area (Å²) in [7, 11) is 0. The first-order chi connectivity index (χ1) is 9.52. The van der Waals surface area contributed by atoms with Gasteiger partial charge in [-0.05, 0) is 31.2 Å². The van der Waals surface area contributed by atoms with Gasteiger partial charge in [0.15, 0.2) is 0 Å². The number of hydrogen-bond donors (Lipinski definition) is 2. The summed E-state index contributed by atoms with van der Waals surface area (Å²) < 4.78 is 4.86. The number of carbonyl (C=O) groups excluding carboxylic acids is 3. The molecule has 0 heterocycles. The topological polar surface area (TPSA) is 84.5 Å². The predicted molar refractivity (Wildman–Crippen MR) is 74.3 cm³/mol. The average Bonchev–Trinajstić information content (AvgIpc) is 2.39. The second kappa shape index (κ2) is 7.93. The zero-order chi connectivity index (χ0) is 15.0. The van der Waals surface area contributed by atoms with Gasteiger partial charge in [-0.15, -0.1) is 0 Å². The van der Waals surface area contributed by atoms with Gasteiger partial charge in [0.05, 0.1) is 12.2 Å². The summed E-state index contributed by atoms with van der Waals surface area (Å²) in [5, 5.41) is 5.21. The molecule has 1 aromatic carbocycles. The molecule has 0 saturated heterocycles. The maximum Gasteiger partial charge on any atom is 0.338 e. The average molecular weight is 278 g/mol. The molecule has 6 heteroatoms. The molecule has 0 atom stereocenters. The molecule has 0 bridgehead atoms. The van der Waals surface area contributed by atoms with Gasteiger partial charge in [0, 0.05) is 25.6 Å². The molecule has 0 saturated carbocycles. The molecule has 0 aliphatic carbocycles. The molecule has 0 aliphatic rings. The summed E-state index contributed by atoms with van der Waals surface area (Å²) in [5.41, 5.74) is 1.02. The van der Waals surface area contributed by atoms with E-state index in [4.69, 9.17) is 4.74 Å². The van der Waals surface area contributed by atoms with E-state index in [1.807, 2.05) is 0 Å². The number of esters is 1. The Balaban J connectivity index is 2.46. The van der Waals surface area contributed by atoms with Gasteiger partial charge in [-0.25, -0.2) is 4.79 Å². The third kappa shape index (κ3) is 5.51. The second-order valence-electron chi connectivity index (χ2n) is 4.08. The number of carbonyl (C=O) groups is 3. The van der Waals surface area contributed by atoms with E-state index in [9.17, 15) is 14.4 Å². The Morgan fingerprint density at radius 3 is 2.35 bits per heavy atom. The molecule has 2 N–H and O–H groups in total. The molecule has 0 fully saturated rings. The molecule has 0 aromatic heterocycles. The highest BCUT2D eigenvalue weighted by Crippen LogP contribution is 2.10. The summed E-state index contributed by atoms with van der Waals surface area (Å²) >= 11 is 0. The lowest BCUT2D eigenvalue weighted by molar-refractivity contribution is -0.119. The van der Waals surface area contributed by atoms with Gasteiger partial charge in [0.1, 0.15) is 0 Å². The Hall–Kier alpha value is -2.37. The van der Waals surface area contributed by atoms with Crippen molar-refractivity contribution in [2.24, 2.45) is 0 Å². The van der Waals surface area contributed by atoms with Gasteiger partial charge in [-0.3, -0.25) is 9.59 Å². The van der Waals surface area contributed by atoms with Gasteiger partial charge in [0.25, 0.3) is 0 Å². The minimum absolute atomic E-state index is 0.170. The van der Waals surface area contributed by atoms with Crippen LogP contribution < -0.4 is 10.6 Å². The first-order valence-corrected chi connectivity index (χ1v) is 6.34. The van der Waals surface area contributed by atoms with Crippen LogP contribution in [0, 0.1) is 0 Å². The summed E-state index contributed by atoms with van der Waals surface area (Å²) in [6, 6.07) is 6.42. The number of nitrogens with one attached hydrogen (secondary N) is 2. The molecular formula is C14H18N2O4. The maximum absolute atomic E-state index is 11.6. The van der Waals surface area contributed by atoms with Crippen molar-refractivity contribution in [1.29, 1.82) is 0 Å². The number of amides is 2. The van der Waals surface area contributed by atoms with Crippen molar-refractivity contribution >= 4 is 23.5 Å². The van der Waals surface area contributed by atoms with E-state index < -0.39 is 5.97 Å². The summed E-state index contributed by atoms with van der Waals surface area (Å²) in [4.78, 5) is 33.6. The number of anilines is 1. The number of benzene rings is 1. The van der Waals surface area contributed by atoms with Crippen molar-refractivity contribution in [2.75, 3.05) is 18.5 Å². The molecule has 0 aliphatic heterocycles. The highest BCUT2D eigenvalue weighted by molar-refractivity contribution is 5.93. The zero-order valence-electron chi connectivity index (χ0n) is 11.6. The fraction of sp³-hybridized carbons (Fsp3) is 0.357. The first kappa shape index (κ1) is 15.7. The van der Waals surface area contributed by atoms with Crippen LogP contribution in [-0.4, -0.2) is 30.9 Å². The molecule has 2 amide bonds. The molecule has 0 unspecified atom stereocenters. The van der Waals surface area contributed by atoms with Crippen molar-refractivity contribution in [3.63, 3.8) is 0 Å². The van der Waals surface area contributed by atoms with Crippen LogP contribution in [0.25, 0.3) is 0 Å². The van der Waals surface area contributed by atoms with Crippen molar-refractivity contribution in [2.45, 2.75) is 20.3 Å². The Bertz CT molecular complexity index is 482. The van der Waals surface area contributed by atoms with Crippen LogP contribution in [0.4, 0.5) is 5.69 Å². The summed E-state index contributed by atoms with van der Waals surface area (Å²) in [6.45, 7) is 3.75. The van der Waals surface area contributed by atoms with E-state index in [2.05, 4.69) is 10.6 Å². The van der Waals surface area contributed by atoms with E-state index in [1.165, 1.54) is 6.92 Å². The molecule has 108 valence electrons. The predicted octanol–water partition coefficient (Wildman–Crippen LogP) is 1.33. The molecule has 6 nitrogen and oxygen atoms in total. The molecule has 20 heavy (non-hydrogen) atoms. The van der Waals surface area contributed by atoms with Crippen LogP contribution in [0.1, 0.15) is 30.6 Å². The maximum atomic E-state index is 11.6. The third-order valence-corrected chi connectivity index (χ3v) is 2.41. The van der Waals surface area contributed by atoms with Crippen molar-refractivity contribution in [3.8, 4) is 0 Å². The van der Waals surface area contributed by atoms with E-state index in [1.54, 1.807) is 31.2 Å². The Morgan fingerprint density at radius 1 is 1.15 bits per heavy atom. The molecule has 1 aromatic rings. The molecule has 1 rings (SSSR count). The Morgan fingerprint density at radius 2 is 1.80 bits per heavy atom. The van der Waals surface area contributed by atoms with Crippen LogP contribution in [0.5, 0.6) is 0 Å². The van der Waals surface area contributed by atoms with E-state index in [-0.39, 0.29) is 18.2 Å². The van der Waals surface area contributed by atoms with E-state index >= 15 is 0 Å². The summed E-state index contributed by atoms with van der Waals surface area (Å²) in [5.74, 6) is -0.768. The van der Waals surface area contributed by atoms with Gasteiger partial charge in [-0.2, -0.15) is 0 Å². The number of hydrogen-bond acceptors (Lipinski definition) is 4. The lowest BCUT2D eigenvalue weighted by atomic mass is 10.2.